The lowest BCUT2D eigenvalue weighted by molar-refractivity contribution is 0.177. The Balaban J connectivity index is 1.22. The van der Waals surface area contributed by atoms with Gasteiger partial charge in [0.1, 0.15) is 5.58 Å². The molecule has 1 saturated heterocycles. The SMILES string of the molecule is Cc1cc(=O)oc2cc(NC(=S)N3CCN(Cc4cccc5ccccc45)CC3)ccc12. The van der Waals surface area contributed by atoms with Gasteiger partial charge >= 0.3 is 5.63 Å². The maximum Gasteiger partial charge on any atom is 0.336 e. The monoisotopic (exact) mass is 443 g/mol. The predicted octanol–water partition coefficient (Wildman–Crippen LogP) is 4.77. The predicted molar refractivity (Wildman–Crippen MR) is 134 cm³/mol. The van der Waals surface area contributed by atoms with Crippen LogP contribution in [0.25, 0.3) is 21.7 Å². The zero-order valence-corrected chi connectivity index (χ0v) is 18.8. The molecule has 1 aliphatic heterocycles. The molecule has 4 aromatic rings. The summed E-state index contributed by atoms with van der Waals surface area (Å²) in [5.74, 6) is 0. The largest absolute Gasteiger partial charge is 0.423 e. The van der Waals surface area contributed by atoms with Crippen LogP contribution in [0.5, 0.6) is 0 Å². The number of nitrogens with one attached hydrogen (secondary N) is 1. The Kier molecular flexibility index (Phi) is 5.64. The minimum atomic E-state index is -0.336. The first-order chi connectivity index (χ1) is 15.6. The second-order valence-electron chi connectivity index (χ2n) is 8.29. The van der Waals surface area contributed by atoms with E-state index in [1.807, 2.05) is 25.1 Å². The molecule has 0 amide bonds. The molecule has 1 fully saturated rings. The number of rotatable bonds is 3. The van der Waals surface area contributed by atoms with Gasteiger partial charge in [-0.3, -0.25) is 4.90 Å². The van der Waals surface area contributed by atoms with E-state index in [0.29, 0.717) is 10.7 Å². The Bertz CT molecular complexity index is 1350. The summed E-state index contributed by atoms with van der Waals surface area (Å²) in [6.45, 7) is 6.51. The molecular formula is C26H25N3O2S. The topological polar surface area (TPSA) is 48.7 Å². The fraction of sp³-hybridized carbons (Fsp3) is 0.231. The summed E-state index contributed by atoms with van der Waals surface area (Å²) < 4.78 is 5.35. The molecule has 2 heterocycles. The van der Waals surface area contributed by atoms with Gasteiger partial charge in [-0.25, -0.2) is 4.79 Å². The summed E-state index contributed by atoms with van der Waals surface area (Å²) in [6, 6.07) is 22.4. The van der Waals surface area contributed by atoms with Gasteiger partial charge in [-0.2, -0.15) is 0 Å². The van der Waals surface area contributed by atoms with Crippen molar-refractivity contribution in [1.29, 1.82) is 0 Å². The molecule has 1 N–H and O–H groups in total. The zero-order chi connectivity index (χ0) is 22.1. The fourth-order valence-corrected chi connectivity index (χ4v) is 4.69. The van der Waals surface area contributed by atoms with Gasteiger partial charge in [0.2, 0.25) is 0 Å². The number of aryl methyl sites for hydroxylation is 1. The zero-order valence-electron chi connectivity index (χ0n) is 18.0. The molecule has 6 heteroatoms. The number of benzene rings is 3. The first-order valence-electron chi connectivity index (χ1n) is 10.9. The van der Waals surface area contributed by atoms with Gasteiger partial charge in [0, 0.05) is 55.9 Å². The Morgan fingerprint density at radius 3 is 2.59 bits per heavy atom. The van der Waals surface area contributed by atoms with Crippen LogP contribution in [-0.4, -0.2) is 41.1 Å². The summed E-state index contributed by atoms with van der Waals surface area (Å²) in [5.41, 5.74) is 3.34. The smallest absolute Gasteiger partial charge is 0.336 e. The lowest BCUT2D eigenvalue weighted by Crippen LogP contribution is -2.49. The van der Waals surface area contributed by atoms with E-state index in [9.17, 15) is 4.79 Å². The molecule has 0 spiro atoms. The standard InChI is InChI=1S/C26H25N3O2S/c1-18-15-25(30)31-24-16-21(9-10-22(18)24)27-26(32)29-13-11-28(12-14-29)17-20-7-4-6-19-5-2-3-8-23(19)20/h2-10,15-16H,11-14,17H2,1H3,(H,27,32). The molecule has 3 aromatic carbocycles. The highest BCUT2D eigenvalue weighted by atomic mass is 32.1. The van der Waals surface area contributed by atoms with Gasteiger partial charge < -0.3 is 14.6 Å². The Morgan fingerprint density at radius 2 is 1.75 bits per heavy atom. The van der Waals surface area contributed by atoms with E-state index in [0.717, 1.165) is 49.4 Å². The minimum Gasteiger partial charge on any atom is -0.423 e. The maximum atomic E-state index is 11.7. The summed E-state index contributed by atoms with van der Waals surface area (Å²) in [6.07, 6.45) is 0. The molecule has 32 heavy (non-hydrogen) atoms. The number of fused-ring (bicyclic) bond motifs is 2. The van der Waals surface area contributed by atoms with Crippen molar-refractivity contribution < 1.29 is 4.42 Å². The van der Waals surface area contributed by atoms with E-state index >= 15 is 0 Å². The highest BCUT2D eigenvalue weighted by molar-refractivity contribution is 7.80. The van der Waals surface area contributed by atoms with Gasteiger partial charge in [-0.15, -0.1) is 0 Å². The van der Waals surface area contributed by atoms with Crippen LogP contribution in [0.2, 0.25) is 0 Å². The third-order valence-corrected chi connectivity index (χ3v) is 6.50. The number of nitrogens with zero attached hydrogens (tertiary/aromatic N) is 2. The first-order valence-corrected chi connectivity index (χ1v) is 11.3. The van der Waals surface area contributed by atoms with Crippen molar-refractivity contribution in [3.8, 4) is 0 Å². The normalized spacial score (nSPS) is 14.7. The van der Waals surface area contributed by atoms with E-state index < -0.39 is 0 Å². The molecule has 0 aliphatic carbocycles. The van der Waals surface area contributed by atoms with Crippen LogP contribution in [0.3, 0.4) is 0 Å². The van der Waals surface area contributed by atoms with Crippen molar-refractivity contribution in [1.82, 2.24) is 9.80 Å². The fourth-order valence-electron chi connectivity index (χ4n) is 4.39. The van der Waals surface area contributed by atoms with Crippen molar-refractivity contribution in [3.05, 3.63) is 88.3 Å². The summed E-state index contributed by atoms with van der Waals surface area (Å²) >= 11 is 5.67. The highest BCUT2D eigenvalue weighted by Gasteiger charge is 2.20. The number of hydrogen-bond donors (Lipinski definition) is 1. The van der Waals surface area contributed by atoms with Crippen LogP contribution in [0.4, 0.5) is 5.69 Å². The molecule has 5 nitrogen and oxygen atoms in total. The van der Waals surface area contributed by atoms with Crippen LogP contribution >= 0.6 is 12.2 Å². The quantitative estimate of drug-likeness (QED) is 0.364. The maximum absolute atomic E-state index is 11.7. The van der Waals surface area contributed by atoms with Gasteiger partial charge in [0.05, 0.1) is 0 Å². The van der Waals surface area contributed by atoms with Crippen molar-refractivity contribution in [3.63, 3.8) is 0 Å². The Labute approximate surface area is 192 Å². The van der Waals surface area contributed by atoms with Crippen molar-refractivity contribution in [2.75, 3.05) is 31.5 Å². The summed E-state index contributed by atoms with van der Waals surface area (Å²) in [4.78, 5) is 16.4. The molecule has 5 rings (SSSR count). The number of piperazine rings is 1. The summed E-state index contributed by atoms with van der Waals surface area (Å²) in [7, 11) is 0. The molecule has 0 saturated carbocycles. The van der Waals surface area contributed by atoms with Gasteiger partial charge in [0.15, 0.2) is 5.11 Å². The third-order valence-electron chi connectivity index (χ3n) is 6.14. The number of thiocarbonyl (C=S) groups is 1. The van der Waals surface area contributed by atoms with Gasteiger partial charge in [-0.1, -0.05) is 42.5 Å². The van der Waals surface area contributed by atoms with E-state index in [1.165, 1.54) is 22.4 Å². The minimum absolute atomic E-state index is 0.336. The molecule has 0 unspecified atom stereocenters. The first kappa shape index (κ1) is 20.7. The second-order valence-corrected chi connectivity index (χ2v) is 8.68. The van der Waals surface area contributed by atoms with Crippen molar-refractivity contribution in [2.24, 2.45) is 0 Å². The Hall–Kier alpha value is -3.22. The van der Waals surface area contributed by atoms with E-state index in [4.69, 9.17) is 16.6 Å². The molecule has 0 radical (unpaired) electrons. The molecule has 1 aliphatic rings. The van der Waals surface area contributed by atoms with Gasteiger partial charge in [0.25, 0.3) is 0 Å². The van der Waals surface area contributed by atoms with Crippen LogP contribution in [0.15, 0.2) is 75.9 Å². The highest BCUT2D eigenvalue weighted by Crippen LogP contribution is 2.22. The van der Waals surface area contributed by atoms with E-state index in [1.54, 1.807) is 0 Å². The van der Waals surface area contributed by atoms with E-state index in [-0.39, 0.29) is 5.63 Å². The molecule has 162 valence electrons. The molecule has 1 aromatic heterocycles. The van der Waals surface area contributed by atoms with Crippen molar-refractivity contribution in [2.45, 2.75) is 13.5 Å². The van der Waals surface area contributed by atoms with E-state index in [2.05, 4.69) is 57.6 Å². The average molecular weight is 444 g/mol. The van der Waals surface area contributed by atoms with Crippen molar-refractivity contribution >= 4 is 44.8 Å². The van der Waals surface area contributed by atoms with Crippen LogP contribution < -0.4 is 10.9 Å². The van der Waals surface area contributed by atoms with Crippen LogP contribution in [0, 0.1) is 6.92 Å². The third kappa shape index (κ3) is 4.24. The number of hydrogen-bond acceptors (Lipinski definition) is 4. The summed E-state index contributed by atoms with van der Waals surface area (Å²) in [5, 5.41) is 7.55. The average Bonchev–Trinajstić information content (AvgIpc) is 2.79. The second kappa shape index (κ2) is 8.73. The van der Waals surface area contributed by atoms with Gasteiger partial charge in [-0.05, 0) is 53.2 Å². The Morgan fingerprint density at radius 1 is 0.969 bits per heavy atom. The lowest BCUT2D eigenvalue weighted by atomic mass is 10.0. The molecular weight excluding hydrogens is 418 g/mol. The van der Waals surface area contributed by atoms with Crippen LogP contribution in [0.1, 0.15) is 11.1 Å². The van der Waals surface area contributed by atoms with Crippen LogP contribution in [-0.2, 0) is 6.54 Å². The number of anilines is 1. The lowest BCUT2D eigenvalue weighted by Gasteiger charge is -2.36. The molecule has 0 bridgehead atoms. The molecule has 0 atom stereocenters.